The maximum Gasteiger partial charge on any atom is 0.298 e. The lowest BCUT2D eigenvalue weighted by Crippen LogP contribution is -2.43. The van der Waals surface area contributed by atoms with E-state index in [9.17, 15) is 8.78 Å². The molecule has 0 radical (unpaired) electrons. The van der Waals surface area contributed by atoms with E-state index in [1.54, 1.807) is 18.6 Å². The number of alkyl halides is 2. The lowest BCUT2D eigenvalue weighted by atomic mass is 9.85. The second-order valence-corrected chi connectivity index (χ2v) is 7.85. The molecule has 2 aromatic heterocycles. The summed E-state index contributed by atoms with van der Waals surface area (Å²) in [5, 5.41) is 4.06. The fourth-order valence-corrected chi connectivity index (χ4v) is 4.19. The summed E-state index contributed by atoms with van der Waals surface area (Å²) in [5.41, 5.74) is 1.48. The summed E-state index contributed by atoms with van der Waals surface area (Å²) in [7, 11) is 1.75. The van der Waals surface area contributed by atoms with Crippen LogP contribution in [0, 0.1) is 0 Å². The Bertz CT molecular complexity index is 1040. The molecular formula is C19H18F2N4S. The molecule has 26 heavy (non-hydrogen) atoms. The van der Waals surface area contributed by atoms with Gasteiger partial charge in [0.25, 0.3) is 5.92 Å². The molecule has 0 aliphatic carbocycles. The van der Waals surface area contributed by atoms with Crippen LogP contribution >= 0.6 is 11.3 Å². The zero-order valence-electron chi connectivity index (χ0n) is 14.6. The molecule has 4 rings (SSSR count). The fourth-order valence-electron chi connectivity index (χ4n) is 3.25. The van der Waals surface area contributed by atoms with Crippen LogP contribution in [0.1, 0.15) is 29.9 Å². The Morgan fingerprint density at radius 1 is 1.15 bits per heavy atom. The maximum atomic E-state index is 14.8. The van der Waals surface area contributed by atoms with E-state index < -0.39 is 11.5 Å². The van der Waals surface area contributed by atoms with Crippen molar-refractivity contribution >= 4 is 33.6 Å². The number of fused-ring (bicyclic) bond motifs is 2. The summed E-state index contributed by atoms with van der Waals surface area (Å²) < 4.78 is 29.6. The lowest BCUT2D eigenvalue weighted by molar-refractivity contribution is -0.0677. The number of aliphatic imine (C=N–C) groups is 1. The predicted molar refractivity (Wildman–Crippen MR) is 102 cm³/mol. The van der Waals surface area contributed by atoms with Gasteiger partial charge in [-0.15, -0.1) is 11.3 Å². The molecule has 0 amide bonds. The molecule has 1 aromatic carbocycles. The van der Waals surface area contributed by atoms with Gasteiger partial charge < -0.3 is 5.01 Å². The van der Waals surface area contributed by atoms with Crippen LogP contribution in [0.3, 0.4) is 0 Å². The highest BCUT2D eigenvalue weighted by Gasteiger charge is 2.53. The fraction of sp³-hybridized carbons (Fsp3) is 0.263. The summed E-state index contributed by atoms with van der Waals surface area (Å²) >= 11 is 1.29. The number of pyridine rings is 1. The second kappa shape index (κ2) is 5.56. The Kier molecular flexibility index (Phi) is 3.65. The monoisotopic (exact) mass is 372 g/mol. The first kappa shape index (κ1) is 17.1. The van der Waals surface area contributed by atoms with Crippen LogP contribution in [0.4, 0.5) is 14.5 Å². The Labute approximate surface area is 154 Å². The van der Waals surface area contributed by atoms with Gasteiger partial charge in [-0.1, -0.05) is 6.07 Å². The number of nitrogens with two attached hydrogens (primary N) is 1. The molecule has 1 aliphatic rings. The molecule has 0 spiro atoms. The van der Waals surface area contributed by atoms with Crippen molar-refractivity contribution in [1.82, 2.24) is 4.98 Å². The number of hydrazine groups is 1. The van der Waals surface area contributed by atoms with Crippen LogP contribution in [0.2, 0.25) is 0 Å². The van der Waals surface area contributed by atoms with Crippen molar-refractivity contribution in [1.29, 1.82) is 0 Å². The Morgan fingerprint density at radius 2 is 1.92 bits per heavy atom. The molecule has 4 nitrogen and oxygen atoms in total. The van der Waals surface area contributed by atoms with E-state index >= 15 is 0 Å². The molecular weight excluding hydrogens is 354 g/mol. The Morgan fingerprint density at radius 3 is 2.65 bits per heavy atom. The Balaban J connectivity index is 1.96. The minimum atomic E-state index is -3.01. The van der Waals surface area contributed by atoms with Crippen LogP contribution < -0.4 is 10.9 Å². The van der Waals surface area contributed by atoms with E-state index in [1.807, 2.05) is 24.3 Å². The van der Waals surface area contributed by atoms with Gasteiger partial charge in [-0.3, -0.25) is 9.98 Å². The van der Waals surface area contributed by atoms with Crippen molar-refractivity contribution in [3.05, 3.63) is 57.9 Å². The smallest absolute Gasteiger partial charge is 0.298 e. The molecule has 7 heteroatoms. The molecule has 1 aliphatic heterocycles. The minimum absolute atomic E-state index is 0.0416. The Hall–Kier alpha value is -2.38. The number of thiophene rings is 1. The molecule has 0 saturated heterocycles. The highest BCUT2D eigenvalue weighted by molar-refractivity contribution is 7.12. The first-order chi connectivity index (χ1) is 12.2. The molecule has 0 atom stereocenters. The van der Waals surface area contributed by atoms with E-state index in [-0.39, 0.29) is 5.56 Å². The largest absolute Gasteiger partial charge is 0.313 e. The first-order valence-electron chi connectivity index (χ1n) is 8.16. The second-order valence-electron chi connectivity index (χ2n) is 6.93. The number of hydrogen-bond acceptors (Lipinski definition) is 5. The molecule has 0 fully saturated rings. The highest BCUT2D eigenvalue weighted by Crippen LogP contribution is 2.48. The van der Waals surface area contributed by atoms with Gasteiger partial charge >= 0.3 is 0 Å². The molecule has 2 N–H and O–H groups in total. The first-order valence-corrected chi connectivity index (χ1v) is 9.04. The number of anilines is 1. The predicted octanol–water partition coefficient (Wildman–Crippen LogP) is 4.33. The van der Waals surface area contributed by atoms with Gasteiger partial charge in [0.05, 0.1) is 21.8 Å². The lowest BCUT2D eigenvalue weighted by Gasteiger charge is -2.35. The van der Waals surface area contributed by atoms with Crippen molar-refractivity contribution in [2.45, 2.75) is 25.3 Å². The summed E-state index contributed by atoms with van der Waals surface area (Å²) in [6, 6.07) is 8.98. The summed E-state index contributed by atoms with van der Waals surface area (Å²) in [6.45, 7) is 2.94. The topological polar surface area (TPSA) is 54.5 Å². The number of benzene rings is 1. The van der Waals surface area contributed by atoms with E-state index in [1.165, 1.54) is 36.3 Å². The molecule has 0 unspecified atom stereocenters. The summed E-state index contributed by atoms with van der Waals surface area (Å²) in [6.07, 6.45) is 1.69. The maximum absolute atomic E-state index is 14.8. The highest BCUT2D eigenvalue weighted by atomic mass is 32.1. The SMILES string of the molecule is CN(N)c1ccnc2ccc(C3=NC(C)(C)C(F)(F)c4ccsc43)cc12. The zero-order chi connectivity index (χ0) is 18.7. The van der Waals surface area contributed by atoms with E-state index in [0.29, 0.717) is 10.6 Å². The normalized spacial score (nSPS) is 17.7. The van der Waals surface area contributed by atoms with E-state index in [2.05, 4.69) is 9.98 Å². The van der Waals surface area contributed by atoms with Gasteiger partial charge in [0.1, 0.15) is 5.54 Å². The zero-order valence-corrected chi connectivity index (χ0v) is 15.4. The molecule has 3 aromatic rings. The van der Waals surface area contributed by atoms with Gasteiger partial charge in [-0.05, 0) is 43.5 Å². The summed E-state index contributed by atoms with van der Waals surface area (Å²) in [5.74, 6) is 2.92. The van der Waals surface area contributed by atoms with Gasteiger partial charge in [0, 0.05) is 29.8 Å². The average molecular weight is 372 g/mol. The van der Waals surface area contributed by atoms with Crippen molar-refractivity contribution in [3.8, 4) is 0 Å². The number of rotatable bonds is 2. The average Bonchev–Trinajstić information content (AvgIpc) is 3.08. The van der Waals surface area contributed by atoms with Gasteiger partial charge in [-0.25, -0.2) is 5.84 Å². The molecule has 0 bridgehead atoms. The standard InChI is InChI=1S/C19H18F2N4S/c1-18(2)19(20,21)13-7-9-26-17(13)16(24-18)11-4-5-14-12(10-11)15(25(3)22)6-8-23-14/h4-10H,22H2,1-3H3. The third kappa shape index (κ3) is 2.34. The molecule has 0 saturated carbocycles. The van der Waals surface area contributed by atoms with Crippen LogP contribution in [-0.2, 0) is 5.92 Å². The van der Waals surface area contributed by atoms with Crippen molar-refractivity contribution in [3.63, 3.8) is 0 Å². The van der Waals surface area contributed by atoms with E-state index in [4.69, 9.17) is 5.84 Å². The quantitative estimate of drug-likeness (QED) is 0.538. The number of nitrogens with zero attached hydrogens (tertiary/aromatic N) is 3. The molecule has 3 heterocycles. The van der Waals surface area contributed by atoms with E-state index in [0.717, 1.165) is 22.2 Å². The van der Waals surface area contributed by atoms with Crippen LogP contribution in [0.5, 0.6) is 0 Å². The minimum Gasteiger partial charge on any atom is -0.313 e. The third-order valence-corrected chi connectivity index (χ3v) is 5.67. The van der Waals surface area contributed by atoms with Crippen LogP contribution in [0.25, 0.3) is 10.9 Å². The van der Waals surface area contributed by atoms with Crippen molar-refractivity contribution < 1.29 is 8.78 Å². The van der Waals surface area contributed by atoms with Crippen LogP contribution in [-0.4, -0.2) is 23.3 Å². The number of aromatic nitrogens is 1. The number of halogens is 2. The third-order valence-electron chi connectivity index (χ3n) is 4.75. The van der Waals surface area contributed by atoms with Crippen molar-refractivity contribution in [2.75, 3.05) is 12.1 Å². The molecule has 134 valence electrons. The van der Waals surface area contributed by atoms with Gasteiger partial charge in [0.15, 0.2) is 0 Å². The van der Waals surface area contributed by atoms with Gasteiger partial charge in [-0.2, -0.15) is 8.78 Å². The van der Waals surface area contributed by atoms with Crippen LogP contribution in [0.15, 0.2) is 46.9 Å². The van der Waals surface area contributed by atoms with Gasteiger partial charge in [0.2, 0.25) is 0 Å². The summed E-state index contributed by atoms with van der Waals surface area (Å²) in [4.78, 5) is 9.31. The van der Waals surface area contributed by atoms with Crippen molar-refractivity contribution in [2.24, 2.45) is 10.8 Å². The number of hydrogen-bond donors (Lipinski definition) is 1.